The monoisotopic (exact) mass is 508 g/mol. The summed E-state index contributed by atoms with van der Waals surface area (Å²) in [6, 6.07) is 13.2. The van der Waals surface area contributed by atoms with Crippen LogP contribution in [-0.4, -0.2) is 40.4 Å². The zero-order valence-corrected chi connectivity index (χ0v) is 22.7. The Morgan fingerprint density at radius 3 is 2.46 bits per heavy atom. The highest BCUT2D eigenvalue weighted by atomic mass is 16.5. The number of hydrogen-bond acceptors (Lipinski definition) is 6. The van der Waals surface area contributed by atoms with Crippen molar-refractivity contribution in [2.75, 3.05) is 6.61 Å². The molecule has 4 N–H and O–H groups in total. The number of primary amides is 1. The lowest BCUT2D eigenvalue weighted by Gasteiger charge is -2.36. The molecule has 37 heavy (non-hydrogen) atoms. The summed E-state index contributed by atoms with van der Waals surface area (Å²) >= 11 is 0. The lowest BCUT2D eigenvalue weighted by atomic mass is 9.88. The minimum atomic E-state index is -0.541. The maximum absolute atomic E-state index is 12.8. The molecule has 0 saturated carbocycles. The van der Waals surface area contributed by atoms with Crippen molar-refractivity contribution >= 4 is 17.8 Å². The van der Waals surface area contributed by atoms with Crippen LogP contribution in [0.1, 0.15) is 81.8 Å². The maximum Gasteiger partial charge on any atom is 0.248 e. The number of rotatable bonds is 6. The van der Waals surface area contributed by atoms with E-state index in [2.05, 4.69) is 17.1 Å². The lowest BCUT2D eigenvalue weighted by molar-refractivity contribution is -0.130. The minimum absolute atomic E-state index is 0.0858. The van der Waals surface area contributed by atoms with Gasteiger partial charge in [-0.15, -0.1) is 0 Å². The summed E-state index contributed by atoms with van der Waals surface area (Å²) in [5, 5.41) is 0. The van der Waals surface area contributed by atoms with Crippen molar-refractivity contribution in [1.29, 1.82) is 0 Å². The normalized spacial score (nSPS) is 16.5. The van der Waals surface area contributed by atoms with E-state index in [1.54, 1.807) is 18.2 Å². The molecule has 2 aromatic rings. The third-order valence-electron chi connectivity index (χ3n) is 6.64. The van der Waals surface area contributed by atoms with Crippen LogP contribution in [-0.2, 0) is 17.8 Å². The molecule has 2 amide bonds. The molecule has 0 atom stereocenters. The van der Waals surface area contributed by atoms with Crippen LogP contribution < -0.4 is 20.9 Å². The number of nitrogens with zero attached hydrogens (tertiary/aromatic N) is 2. The van der Waals surface area contributed by atoms with Gasteiger partial charge >= 0.3 is 0 Å². The molecule has 200 valence electrons. The number of ether oxygens (including phenoxy) is 2. The van der Waals surface area contributed by atoms with Gasteiger partial charge in [0.15, 0.2) is 5.96 Å². The van der Waals surface area contributed by atoms with E-state index in [9.17, 15) is 9.59 Å². The van der Waals surface area contributed by atoms with Crippen molar-refractivity contribution in [1.82, 2.24) is 4.90 Å². The van der Waals surface area contributed by atoms with E-state index in [4.69, 9.17) is 20.9 Å². The second kappa shape index (κ2) is 11.7. The number of carbonyl (C=O) groups excluding carboxylic acids is 2. The van der Waals surface area contributed by atoms with E-state index in [0.717, 1.165) is 31.6 Å². The van der Waals surface area contributed by atoms with Gasteiger partial charge in [-0.1, -0.05) is 32.0 Å². The molecule has 2 aliphatic heterocycles. The van der Waals surface area contributed by atoms with Gasteiger partial charge in [0.25, 0.3) is 0 Å². The molecular weight excluding hydrogens is 468 g/mol. The summed E-state index contributed by atoms with van der Waals surface area (Å²) in [4.78, 5) is 30.4. The molecule has 2 aliphatic rings. The van der Waals surface area contributed by atoms with Crippen LogP contribution >= 0.6 is 0 Å². The van der Waals surface area contributed by atoms with Gasteiger partial charge in [0, 0.05) is 11.1 Å². The third kappa shape index (κ3) is 7.24. The zero-order valence-electron chi connectivity index (χ0n) is 22.7. The maximum atomic E-state index is 12.8. The Balaban J connectivity index is 0.000000313. The fourth-order valence-electron chi connectivity index (χ4n) is 4.43. The first-order valence-electron chi connectivity index (χ1n) is 12.9. The van der Waals surface area contributed by atoms with Gasteiger partial charge in [0.1, 0.15) is 17.1 Å². The topological polar surface area (TPSA) is 120 Å². The number of para-hydroxylation sites is 1. The molecular formula is C29H40N4O4. The number of aliphatic imine (C=N–C) groups is 1. The van der Waals surface area contributed by atoms with Crippen molar-refractivity contribution in [3.8, 4) is 11.5 Å². The predicted molar refractivity (Wildman–Crippen MR) is 146 cm³/mol. The van der Waals surface area contributed by atoms with Crippen molar-refractivity contribution in [3.05, 3.63) is 59.2 Å². The van der Waals surface area contributed by atoms with Crippen LogP contribution in [0.4, 0.5) is 0 Å². The molecule has 0 radical (unpaired) electrons. The number of hydrogen-bond donors (Lipinski definition) is 2. The first kappa shape index (κ1) is 28.0. The van der Waals surface area contributed by atoms with Crippen molar-refractivity contribution < 1.29 is 19.1 Å². The second-order valence-corrected chi connectivity index (χ2v) is 10.5. The van der Waals surface area contributed by atoms with Gasteiger partial charge in [-0.25, -0.2) is 4.99 Å². The highest BCUT2D eigenvalue weighted by Gasteiger charge is 2.37. The molecule has 0 spiro atoms. The van der Waals surface area contributed by atoms with Crippen molar-refractivity contribution in [2.45, 2.75) is 84.4 Å². The predicted octanol–water partition coefficient (Wildman–Crippen LogP) is 4.58. The molecule has 2 heterocycles. The van der Waals surface area contributed by atoms with Gasteiger partial charge in [-0.2, -0.15) is 0 Å². The molecule has 4 rings (SSSR count). The molecule has 8 nitrogen and oxygen atoms in total. The summed E-state index contributed by atoms with van der Waals surface area (Å²) in [5.41, 5.74) is 13.0. The number of benzene rings is 2. The fraction of sp³-hybridized carbons (Fsp3) is 0.483. The number of guanidine groups is 1. The Morgan fingerprint density at radius 2 is 1.86 bits per heavy atom. The van der Waals surface area contributed by atoms with E-state index in [0.29, 0.717) is 23.3 Å². The number of nitrogens with two attached hydrogens (primary N) is 2. The zero-order chi connectivity index (χ0) is 27.2. The SMILES string of the molecule is CCC1(CC)CC(=O)N(Cc2cc(C(N)=O)ccc2OC(C)(C)C)C(N)=N1.c1ccc2c(c1)CCCO2. The van der Waals surface area contributed by atoms with E-state index in [1.165, 1.54) is 16.9 Å². The van der Waals surface area contributed by atoms with E-state index >= 15 is 0 Å². The van der Waals surface area contributed by atoms with E-state index < -0.39 is 17.0 Å². The Morgan fingerprint density at radius 1 is 1.16 bits per heavy atom. The van der Waals surface area contributed by atoms with E-state index in [-0.39, 0.29) is 18.4 Å². The minimum Gasteiger partial charge on any atom is -0.493 e. The van der Waals surface area contributed by atoms with Gasteiger partial charge in [-0.3, -0.25) is 14.5 Å². The quantitative estimate of drug-likeness (QED) is 0.592. The molecule has 0 bridgehead atoms. The molecule has 0 aliphatic carbocycles. The summed E-state index contributed by atoms with van der Waals surface area (Å²) in [5.74, 6) is 1.23. The number of fused-ring (bicyclic) bond motifs is 1. The molecule has 8 heteroatoms. The van der Waals surface area contributed by atoms with Gasteiger partial charge in [-0.05, 0) is 76.3 Å². The highest BCUT2D eigenvalue weighted by molar-refractivity contribution is 5.99. The Labute approximate surface area is 220 Å². The van der Waals surface area contributed by atoms with Crippen LogP contribution in [0.15, 0.2) is 47.5 Å². The fourth-order valence-corrected chi connectivity index (χ4v) is 4.43. The largest absolute Gasteiger partial charge is 0.493 e. The Hall–Kier alpha value is -3.55. The molecule has 0 saturated heterocycles. The summed E-state index contributed by atoms with van der Waals surface area (Å²) < 4.78 is 11.4. The first-order chi connectivity index (χ1) is 17.5. The molecule has 2 aromatic carbocycles. The van der Waals surface area contributed by atoms with Crippen LogP contribution in [0.3, 0.4) is 0 Å². The average Bonchev–Trinajstić information content (AvgIpc) is 2.86. The summed E-state index contributed by atoms with van der Waals surface area (Å²) in [6.45, 7) is 10.9. The standard InChI is InChI=1S/C20H30N4O3.C9H10O/c1-6-20(7-2)11-16(25)24(18(22)23-20)12-14-10-13(17(21)26)8-9-15(14)27-19(3,4)5;1-2-6-9-8(4-1)5-3-7-10-9/h8-10H,6-7,11-12H2,1-5H3,(H2,21,26)(H2,22,23);1-2,4,6H,3,5,7H2. The van der Waals surface area contributed by atoms with Crippen molar-refractivity contribution in [2.24, 2.45) is 16.5 Å². The van der Waals surface area contributed by atoms with Crippen LogP contribution in [0.5, 0.6) is 11.5 Å². The number of amides is 2. The third-order valence-corrected chi connectivity index (χ3v) is 6.64. The number of carbonyl (C=O) groups is 2. The van der Waals surface area contributed by atoms with Gasteiger partial charge in [0.05, 0.1) is 25.1 Å². The molecule has 0 fully saturated rings. The average molecular weight is 509 g/mol. The van der Waals surface area contributed by atoms with Crippen LogP contribution in [0.2, 0.25) is 0 Å². The van der Waals surface area contributed by atoms with Gasteiger partial charge < -0.3 is 20.9 Å². The van der Waals surface area contributed by atoms with Gasteiger partial charge in [0.2, 0.25) is 11.8 Å². The highest BCUT2D eigenvalue weighted by Crippen LogP contribution is 2.32. The van der Waals surface area contributed by atoms with Crippen LogP contribution in [0, 0.1) is 0 Å². The first-order valence-corrected chi connectivity index (χ1v) is 12.9. The summed E-state index contributed by atoms with van der Waals surface area (Å²) in [6.07, 6.45) is 4.15. The lowest BCUT2D eigenvalue weighted by Crippen LogP contribution is -2.50. The number of aryl methyl sites for hydroxylation is 1. The smallest absolute Gasteiger partial charge is 0.248 e. The Bertz CT molecular complexity index is 1120. The van der Waals surface area contributed by atoms with Crippen LogP contribution in [0.25, 0.3) is 0 Å². The second-order valence-electron chi connectivity index (χ2n) is 10.5. The Kier molecular flexibility index (Phi) is 8.84. The van der Waals surface area contributed by atoms with E-state index in [1.807, 2.05) is 46.8 Å². The summed E-state index contributed by atoms with van der Waals surface area (Å²) in [7, 11) is 0. The van der Waals surface area contributed by atoms with Crippen molar-refractivity contribution in [3.63, 3.8) is 0 Å². The molecule has 0 unspecified atom stereocenters. The molecule has 0 aromatic heterocycles.